The number of hydrogen-bond donors (Lipinski definition) is 2. The van der Waals surface area contributed by atoms with E-state index >= 15 is 0 Å². The minimum absolute atomic E-state index is 0.113. The maximum absolute atomic E-state index is 13.7. The van der Waals surface area contributed by atoms with E-state index in [1.165, 1.54) is 0 Å². The third-order valence-corrected chi connectivity index (χ3v) is 6.69. The molecule has 3 aromatic carbocycles. The highest BCUT2D eigenvalue weighted by atomic mass is 16.5. The van der Waals surface area contributed by atoms with Crippen molar-refractivity contribution in [3.05, 3.63) is 89.1 Å². The first-order valence-corrected chi connectivity index (χ1v) is 12.1. The molecule has 0 spiro atoms. The monoisotopic (exact) mass is 482 g/mol. The van der Waals surface area contributed by atoms with Gasteiger partial charge in [-0.2, -0.15) is 0 Å². The number of rotatable bonds is 5. The molecule has 2 amide bonds. The molecule has 1 aliphatic rings. The summed E-state index contributed by atoms with van der Waals surface area (Å²) in [4.78, 5) is 34.2. The standard InChI is InChI=1S/C29H30N4O3/c1-19-5-4-6-21(17-19)28(34)31-26-24-18-20(2)7-12-25(24)30-27(26)29(35)33-15-13-32(14-16-33)22-8-10-23(36-3)11-9-22/h4-12,17-18,30H,13-16H2,1-3H3,(H,31,34). The van der Waals surface area contributed by atoms with Crippen molar-refractivity contribution in [2.75, 3.05) is 43.5 Å². The molecule has 1 saturated heterocycles. The number of nitrogens with one attached hydrogen (secondary N) is 2. The lowest BCUT2D eigenvalue weighted by molar-refractivity contribution is 0.0743. The van der Waals surface area contributed by atoms with Crippen LogP contribution in [0.15, 0.2) is 66.7 Å². The predicted octanol–water partition coefficient (Wildman–Crippen LogP) is 5.01. The van der Waals surface area contributed by atoms with E-state index in [0.29, 0.717) is 30.0 Å². The smallest absolute Gasteiger partial charge is 0.272 e. The molecule has 0 bridgehead atoms. The molecule has 1 aliphatic heterocycles. The van der Waals surface area contributed by atoms with Gasteiger partial charge in [-0.15, -0.1) is 0 Å². The highest BCUT2D eigenvalue weighted by Gasteiger charge is 2.27. The largest absolute Gasteiger partial charge is 0.497 e. The van der Waals surface area contributed by atoms with Gasteiger partial charge in [0.2, 0.25) is 0 Å². The Hall–Kier alpha value is -4.26. The number of anilines is 2. The summed E-state index contributed by atoms with van der Waals surface area (Å²) in [6.45, 7) is 6.57. The van der Waals surface area contributed by atoms with Gasteiger partial charge in [-0.05, 0) is 62.4 Å². The summed E-state index contributed by atoms with van der Waals surface area (Å²) in [6.07, 6.45) is 0. The number of nitrogens with zero attached hydrogens (tertiary/aromatic N) is 2. The van der Waals surface area contributed by atoms with E-state index < -0.39 is 0 Å². The molecule has 5 rings (SSSR count). The van der Waals surface area contributed by atoms with Crippen LogP contribution >= 0.6 is 0 Å². The van der Waals surface area contributed by atoms with Gasteiger partial charge in [0.1, 0.15) is 11.4 Å². The van der Waals surface area contributed by atoms with Crippen LogP contribution < -0.4 is 15.0 Å². The van der Waals surface area contributed by atoms with Gasteiger partial charge < -0.3 is 24.8 Å². The van der Waals surface area contributed by atoms with E-state index in [1.54, 1.807) is 13.2 Å². The van der Waals surface area contributed by atoms with Gasteiger partial charge in [-0.3, -0.25) is 9.59 Å². The summed E-state index contributed by atoms with van der Waals surface area (Å²) < 4.78 is 5.25. The number of piperazine rings is 1. The fourth-order valence-electron chi connectivity index (χ4n) is 4.69. The second-order valence-corrected chi connectivity index (χ2v) is 9.22. The number of aromatic nitrogens is 1. The number of carbonyl (C=O) groups is 2. The Balaban J connectivity index is 1.39. The van der Waals surface area contributed by atoms with Crippen LogP contribution in [0.5, 0.6) is 5.75 Å². The molecule has 36 heavy (non-hydrogen) atoms. The van der Waals surface area contributed by atoms with E-state index in [-0.39, 0.29) is 11.8 Å². The molecule has 1 fully saturated rings. The lowest BCUT2D eigenvalue weighted by Gasteiger charge is -2.36. The van der Waals surface area contributed by atoms with Gasteiger partial charge in [0, 0.05) is 48.3 Å². The summed E-state index contributed by atoms with van der Waals surface area (Å²) in [5, 5.41) is 3.86. The number of aryl methyl sites for hydroxylation is 2. The summed E-state index contributed by atoms with van der Waals surface area (Å²) in [6, 6.07) is 21.3. The van der Waals surface area contributed by atoms with Gasteiger partial charge in [0.05, 0.1) is 12.8 Å². The second kappa shape index (κ2) is 9.77. The maximum atomic E-state index is 13.7. The quantitative estimate of drug-likeness (QED) is 0.419. The molecule has 0 saturated carbocycles. The normalized spacial score (nSPS) is 13.6. The molecule has 0 unspecified atom stereocenters. The zero-order chi connectivity index (χ0) is 25.2. The highest BCUT2D eigenvalue weighted by Crippen LogP contribution is 2.31. The van der Waals surface area contributed by atoms with Crippen LogP contribution in [0.4, 0.5) is 11.4 Å². The van der Waals surface area contributed by atoms with Crippen molar-refractivity contribution in [2.24, 2.45) is 0 Å². The van der Waals surface area contributed by atoms with Crippen LogP contribution in [-0.2, 0) is 0 Å². The maximum Gasteiger partial charge on any atom is 0.272 e. The molecule has 7 heteroatoms. The molecular formula is C29H30N4O3. The Morgan fingerprint density at radius 2 is 1.61 bits per heavy atom. The average Bonchev–Trinajstić information content (AvgIpc) is 3.25. The number of H-pyrrole nitrogens is 1. The van der Waals surface area contributed by atoms with Crippen molar-refractivity contribution in [1.82, 2.24) is 9.88 Å². The van der Waals surface area contributed by atoms with Crippen LogP contribution in [0.3, 0.4) is 0 Å². The molecule has 0 radical (unpaired) electrons. The molecule has 0 aliphatic carbocycles. The van der Waals surface area contributed by atoms with E-state index in [4.69, 9.17) is 4.74 Å². The lowest BCUT2D eigenvalue weighted by Crippen LogP contribution is -2.49. The van der Waals surface area contributed by atoms with Crippen molar-refractivity contribution in [2.45, 2.75) is 13.8 Å². The van der Waals surface area contributed by atoms with Crippen LogP contribution in [0.25, 0.3) is 10.9 Å². The SMILES string of the molecule is COc1ccc(N2CCN(C(=O)c3[nH]c4ccc(C)cc4c3NC(=O)c3cccc(C)c3)CC2)cc1. The zero-order valence-corrected chi connectivity index (χ0v) is 20.8. The van der Waals surface area contributed by atoms with Crippen LogP contribution in [-0.4, -0.2) is 55.0 Å². The topological polar surface area (TPSA) is 77.7 Å². The summed E-state index contributed by atoms with van der Waals surface area (Å²) >= 11 is 0. The van der Waals surface area contributed by atoms with E-state index in [0.717, 1.165) is 46.6 Å². The minimum Gasteiger partial charge on any atom is -0.497 e. The molecule has 1 aromatic heterocycles. The minimum atomic E-state index is -0.237. The number of amides is 2. The number of carbonyl (C=O) groups excluding carboxylic acids is 2. The van der Waals surface area contributed by atoms with Gasteiger partial charge in [-0.25, -0.2) is 0 Å². The van der Waals surface area contributed by atoms with E-state index in [9.17, 15) is 9.59 Å². The molecule has 2 heterocycles. The van der Waals surface area contributed by atoms with Crippen molar-refractivity contribution in [3.63, 3.8) is 0 Å². The summed E-state index contributed by atoms with van der Waals surface area (Å²) in [5.41, 5.74) is 5.49. The number of ether oxygens (including phenoxy) is 1. The Kier molecular flexibility index (Phi) is 6.38. The highest BCUT2D eigenvalue weighted by molar-refractivity contribution is 6.15. The Labute approximate surface area is 210 Å². The van der Waals surface area contributed by atoms with Crippen molar-refractivity contribution in [3.8, 4) is 5.75 Å². The number of aromatic amines is 1. The number of benzene rings is 3. The Morgan fingerprint density at radius 1 is 0.889 bits per heavy atom. The third kappa shape index (κ3) is 4.64. The molecule has 2 N–H and O–H groups in total. The van der Waals surface area contributed by atoms with Gasteiger partial charge in [0.15, 0.2) is 0 Å². The number of methoxy groups -OCH3 is 1. The molecule has 7 nitrogen and oxygen atoms in total. The van der Waals surface area contributed by atoms with Crippen molar-refractivity contribution >= 4 is 34.1 Å². The van der Waals surface area contributed by atoms with Gasteiger partial charge >= 0.3 is 0 Å². The zero-order valence-electron chi connectivity index (χ0n) is 20.8. The molecular weight excluding hydrogens is 452 g/mol. The van der Waals surface area contributed by atoms with Crippen LogP contribution in [0, 0.1) is 13.8 Å². The van der Waals surface area contributed by atoms with Crippen LogP contribution in [0.2, 0.25) is 0 Å². The Morgan fingerprint density at radius 3 is 2.31 bits per heavy atom. The Bertz CT molecular complexity index is 1420. The first kappa shape index (κ1) is 23.5. The van der Waals surface area contributed by atoms with Gasteiger partial charge in [0.25, 0.3) is 11.8 Å². The van der Waals surface area contributed by atoms with Crippen molar-refractivity contribution in [1.29, 1.82) is 0 Å². The van der Waals surface area contributed by atoms with E-state index in [2.05, 4.69) is 15.2 Å². The first-order valence-electron chi connectivity index (χ1n) is 12.1. The summed E-state index contributed by atoms with van der Waals surface area (Å²) in [7, 11) is 1.66. The van der Waals surface area contributed by atoms with Crippen LogP contribution in [0.1, 0.15) is 32.0 Å². The molecule has 4 aromatic rings. The first-order chi connectivity index (χ1) is 17.4. The molecule has 0 atom stereocenters. The summed E-state index contributed by atoms with van der Waals surface area (Å²) in [5.74, 6) is 0.471. The average molecular weight is 483 g/mol. The predicted molar refractivity (Wildman–Crippen MR) is 143 cm³/mol. The van der Waals surface area contributed by atoms with Crippen molar-refractivity contribution < 1.29 is 14.3 Å². The molecule has 184 valence electrons. The van der Waals surface area contributed by atoms with Gasteiger partial charge in [-0.1, -0.05) is 29.3 Å². The third-order valence-electron chi connectivity index (χ3n) is 6.69. The number of hydrogen-bond acceptors (Lipinski definition) is 4. The van der Waals surface area contributed by atoms with E-state index in [1.807, 2.05) is 79.4 Å². The fourth-order valence-corrected chi connectivity index (χ4v) is 4.69. The number of fused-ring (bicyclic) bond motifs is 1. The lowest BCUT2D eigenvalue weighted by atomic mass is 10.1. The fraction of sp³-hybridized carbons (Fsp3) is 0.241. The second-order valence-electron chi connectivity index (χ2n) is 9.22.